The average molecular weight is 387 g/mol. The fourth-order valence-electron chi connectivity index (χ4n) is 4.03. The topological polar surface area (TPSA) is 92.8 Å². The predicted octanol–water partition coefficient (Wildman–Crippen LogP) is 0.734. The van der Waals surface area contributed by atoms with E-state index in [1.165, 1.54) is 19.3 Å². The Bertz CT molecular complexity index is 631. The first-order chi connectivity index (χ1) is 12.4. The molecule has 3 rings (SSSR count). The highest BCUT2D eigenvalue weighted by atomic mass is 32.2. The fraction of sp³-hybridized carbons (Fsp3) is 0.889. The summed E-state index contributed by atoms with van der Waals surface area (Å²) in [7, 11) is -3.31. The molecule has 2 heterocycles. The molecule has 0 radical (unpaired) electrons. The highest BCUT2D eigenvalue weighted by Crippen LogP contribution is 2.30. The van der Waals surface area contributed by atoms with Crippen LogP contribution in [0.15, 0.2) is 0 Å². The third-order valence-electron chi connectivity index (χ3n) is 5.93. The molecule has 3 atom stereocenters. The number of hydrogen-bond donors (Lipinski definition) is 1. The van der Waals surface area contributed by atoms with Gasteiger partial charge in [-0.15, -0.1) is 0 Å². The minimum absolute atomic E-state index is 0.00114. The Hall–Kier alpha value is -1.15. The van der Waals surface area contributed by atoms with Crippen LogP contribution in [0.1, 0.15) is 45.4 Å². The van der Waals surface area contributed by atoms with Gasteiger partial charge in [-0.3, -0.25) is 9.59 Å². The molecule has 3 fully saturated rings. The van der Waals surface area contributed by atoms with E-state index in [4.69, 9.17) is 4.74 Å². The molecule has 0 bridgehead atoms. The standard InChI is InChI=1S/C18H30N2O5S/c1-2-14-10-20(8-9-25-14)18(22)15-11-26(23,24)12-16(15)19-17(21)7-6-13-4-3-5-13/h13-16H,2-12H2,1H3,(H,19,21)/t14?,15-,16-/m1/s1. The Kier molecular flexibility index (Phi) is 6.22. The molecule has 0 aromatic carbocycles. The van der Waals surface area contributed by atoms with E-state index in [9.17, 15) is 18.0 Å². The zero-order valence-electron chi connectivity index (χ0n) is 15.5. The number of sulfone groups is 1. The fourth-order valence-corrected chi connectivity index (χ4v) is 5.95. The van der Waals surface area contributed by atoms with Crippen molar-refractivity contribution in [3.8, 4) is 0 Å². The quantitative estimate of drug-likeness (QED) is 0.727. The molecular weight excluding hydrogens is 356 g/mol. The lowest BCUT2D eigenvalue weighted by Gasteiger charge is -2.35. The summed E-state index contributed by atoms with van der Waals surface area (Å²) in [6, 6.07) is -0.607. The molecule has 1 aliphatic carbocycles. The van der Waals surface area contributed by atoms with Crippen molar-refractivity contribution in [3.63, 3.8) is 0 Å². The van der Waals surface area contributed by atoms with Crippen LogP contribution < -0.4 is 5.32 Å². The SMILES string of the molecule is CCC1CN(C(=O)[C@@H]2CS(=O)(=O)C[C@H]2NC(=O)CCC2CCC2)CCO1. The normalized spacial score (nSPS) is 31.4. The Labute approximate surface area is 155 Å². The summed E-state index contributed by atoms with van der Waals surface area (Å²) in [5.74, 6) is -0.663. The number of hydrogen-bond acceptors (Lipinski definition) is 5. The minimum Gasteiger partial charge on any atom is -0.375 e. The van der Waals surface area contributed by atoms with Crippen molar-refractivity contribution >= 4 is 21.7 Å². The van der Waals surface area contributed by atoms with Crippen molar-refractivity contribution in [2.24, 2.45) is 11.8 Å². The molecule has 1 unspecified atom stereocenters. The van der Waals surface area contributed by atoms with Gasteiger partial charge in [0, 0.05) is 19.5 Å². The summed E-state index contributed by atoms with van der Waals surface area (Å²) in [6.07, 6.45) is 5.68. The maximum absolute atomic E-state index is 12.9. The van der Waals surface area contributed by atoms with Gasteiger partial charge in [-0.2, -0.15) is 0 Å². The molecule has 2 saturated heterocycles. The zero-order chi connectivity index (χ0) is 18.7. The van der Waals surface area contributed by atoms with E-state index < -0.39 is 21.8 Å². The highest BCUT2D eigenvalue weighted by molar-refractivity contribution is 7.91. The van der Waals surface area contributed by atoms with Crippen LogP contribution in [0.5, 0.6) is 0 Å². The number of ether oxygens (including phenoxy) is 1. The molecule has 0 spiro atoms. The van der Waals surface area contributed by atoms with Gasteiger partial charge in [0.2, 0.25) is 11.8 Å². The lowest BCUT2D eigenvalue weighted by molar-refractivity contribution is -0.143. The van der Waals surface area contributed by atoms with Gasteiger partial charge in [0.05, 0.1) is 36.2 Å². The number of nitrogens with one attached hydrogen (secondary N) is 1. The van der Waals surface area contributed by atoms with Crippen molar-refractivity contribution in [1.82, 2.24) is 10.2 Å². The Balaban J connectivity index is 1.59. The van der Waals surface area contributed by atoms with Crippen LogP contribution in [0.25, 0.3) is 0 Å². The maximum Gasteiger partial charge on any atom is 0.228 e. The van der Waals surface area contributed by atoms with Gasteiger partial charge in [0.1, 0.15) is 0 Å². The van der Waals surface area contributed by atoms with E-state index in [0.29, 0.717) is 32.0 Å². The molecule has 2 amide bonds. The Morgan fingerprint density at radius 3 is 2.65 bits per heavy atom. The van der Waals surface area contributed by atoms with Crippen molar-refractivity contribution in [3.05, 3.63) is 0 Å². The first-order valence-electron chi connectivity index (χ1n) is 9.78. The summed E-state index contributed by atoms with van der Waals surface area (Å²) in [6.45, 7) is 3.45. The minimum atomic E-state index is -3.31. The van der Waals surface area contributed by atoms with Gasteiger partial charge in [-0.1, -0.05) is 26.2 Å². The second-order valence-corrected chi connectivity index (χ2v) is 10.0. The van der Waals surface area contributed by atoms with E-state index in [-0.39, 0.29) is 29.4 Å². The molecular formula is C18H30N2O5S. The molecule has 1 N–H and O–H groups in total. The van der Waals surface area contributed by atoms with Gasteiger partial charge in [-0.05, 0) is 18.8 Å². The Morgan fingerprint density at radius 1 is 1.23 bits per heavy atom. The average Bonchev–Trinajstić information content (AvgIpc) is 2.87. The first kappa shape index (κ1) is 19.6. The summed E-state index contributed by atoms with van der Waals surface area (Å²) in [4.78, 5) is 26.9. The van der Waals surface area contributed by atoms with Gasteiger partial charge in [-0.25, -0.2) is 8.42 Å². The van der Waals surface area contributed by atoms with Crippen LogP contribution in [0.2, 0.25) is 0 Å². The Morgan fingerprint density at radius 2 is 2.00 bits per heavy atom. The highest BCUT2D eigenvalue weighted by Gasteiger charge is 2.44. The van der Waals surface area contributed by atoms with Crippen LogP contribution in [-0.2, 0) is 24.2 Å². The summed E-state index contributed by atoms with van der Waals surface area (Å²) < 4.78 is 29.8. The number of amides is 2. The third kappa shape index (κ3) is 4.76. The van der Waals surface area contributed by atoms with Crippen LogP contribution in [0, 0.1) is 11.8 Å². The van der Waals surface area contributed by atoms with Gasteiger partial charge in [0.15, 0.2) is 9.84 Å². The molecule has 0 aromatic heterocycles. The molecule has 0 aromatic rings. The van der Waals surface area contributed by atoms with Crippen LogP contribution in [-0.4, -0.2) is 68.5 Å². The molecule has 1 saturated carbocycles. The molecule has 2 aliphatic heterocycles. The van der Waals surface area contributed by atoms with Crippen molar-refractivity contribution in [2.45, 2.75) is 57.6 Å². The molecule has 3 aliphatic rings. The molecule has 148 valence electrons. The lowest BCUT2D eigenvalue weighted by Crippen LogP contribution is -2.52. The summed E-state index contributed by atoms with van der Waals surface area (Å²) in [5, 5.41) is 2.84. The molecule has 26 heavy (non-hydrogen) atoms. The van der Waals surface area contributed by atoms with Crippen LogP contribution in [0.3, 0.4) is 0 Å². The lowest BCUT2D eigenvalue weighted by atomic mass is 9.82. The number of morpholine rings is 1. The summed E-state index contributed by atoms with van der Waals surface area (Å²) >= 11 is 0. The smallest absolute Gasteiger partial charge is 0.228 e. The van der Waals surface area contributed by atoms with Crippen molar-refractivity contribution in [1.29, 1.82) is 0 Å². The zero-order valence-corrected chi connectivity index (χ0v) is 16.3. The monoisotopic (exact) mass is 386 g/mol. The second kappa shape index (κ2) is 8.25. The van der Waals surface area contributed by atoms with Gasteiger partial charge < -0.3 is 15.0 Å². The molecule has 7 nitrogen and oxygen atoms in total. The number of nitrogens with zero attached hydrogens (tertiary/aromatic N) is 1. The van der Waals surface area contributed by atoms with E-state index in [2.05, 4.69) is 5.32 Å². The third-order valence-corrected chi connectivity index (χ3v) is 7.66. The maximum atomic E-state index is 12.9. The number of carbonyl (C=O) groups is 2. The molecule has 8 heteroatoms. The van der Waals surface area contributed by atoms with Gasteiger partial charge >= 0.3 is 0 Å². The van der Waals surface area contributed by atoms with E-state index in [1.807, 2.05) is 6.92 Å². The predicted molar refractivity (Wildman–Crippen MR) is 97.3 cm³/mol. The van der Waals surface area contributed by atoms with Crippen LogP contribution in [0.4, 0.5) is 0 Å². The van der Waals surface area contributed by atoms with Crippen molar-refractivity contribution in [2.75, 3.05) is 31.2 Å². The van der Waals surface area contributed by atoms with Crippen LogP contribution >= 0.6 is 0 Å². The van der Waals surface area contributed by atoms with E-state index in [1.54, 1.807) is 4.90 Å². The number of carbonyl (C=O) groups excluding carboxylic acids is 2. The van der Waals surface area contributed by atoms with Gasteiger partial charge in [0.25, 0.3) is 0 Å². The summed E-state index contributed by atoms with van der Waals surface area (Å²) in [5.41, 5.74) is 0. The first-order valence-corrected chi connectivity index (χ1v) is 11.6. The second-order valence-electron chi connectivity index (χ2n) is 7.88. The largest absolute Gasteiger partial charge is 0.375 e. The van der Waals surface area contributed by atoms with E-state index >= 15 is 0 Å². The van der Waals surface area contributed by atoms with E-state index in [0.717, 1.165) is 12.8 Å². The van der Waals surface area contributed by atoms with Crippen molar-refractivity contribution < 1.29 is 22.7 Å². The number of rotatable bonds is 6.